The lowest BCUT2D eigenvalue weighted by molar-refractivity contribution is -0.141. The number of aromatic nitrogens is 2. The predicted molar refractivity (Wildman–Crippen MR) is 52.3 cm³/mol. The van der Waals surface area contributed by atoms with Gasteiger partial charge in [-0.25, -0.2) is 0 Å². The van der Waals surface area contributed by atoms with E-state index in [1.54, 1.807) is 18.2 Å². The van der Waals surface area contributed by atoms with Crippen LogP contribution >= 0.6 is 0 Å². The highest BCUT2D eigenvalue weighted by molar-refractivity contribution is 5.80. The van der Waals surface area contributed by atoms with Gasteiger partial charge < -0.3 is 4.74 Å². The fraction of sp³-hybridized carbons (Fsp3) is 0.300. The zero-order valence-corrected chi connectivity index (χ0v) is 8.45. The smallest absolute Gasteiger partial charge is 0.408 e. The summed E-state index contributed by atoms with van der Waals surface area (Å²) >= 11 is 0. The van der Waals surface area contributed by atoms with Crippen LogP contribution in [0.25, 0.3) is 10.9 Å². The molecule has 0 atom stereocenters. The fourth-order valence-electron chi connectivity index (χ4n) is 1.49. The van der Waals surface area contributed by atoms with Crippen LogP contribution in [-0.2, 0) is 6.54 Å². The second-order valence-electron chi connectivity index (χ2n) is 3.34. The van der Waals surface area contributed by atoms with Gasteiger partial charge >= 0.3 is 6.18 Å². The third-order valence-corrected chi connectivity index (χ3v) is 2.18. The van der Waals surface area contributed by atoms with E-state index in [2.05, 4.69) is 5.10 Å². The summed E-state index contributed by atoms with van der Waals surface area (Å²) in [5.74, 6) is 0.596. The molecule has 3 nitrogen and oxygen atoms in total. The molecule has 0 spiro atoms. The minimum atomic E-state index is -4.27. The molecule has 0 bridgehead atoms. The Labute approximate surface area is 89.4 Å². The second kappa shape index (κ2) is 3.70. The van der Waals surface area contributed by atoms with E-state index >= 15 is 0 Å². The summed E-state index contributed by atoms with van der Waals surface area (Å²) in [5, 5.41) is 4.33. The number of ether oxygens (including phenoxy) is 1. The molecule has 0 saturated heterocycles. The van der Waals surface area contributed by atoms with Crippen molar-refractivity contribution < 1.29 is 17.9 Å². The number of halogens is 3. The van der Waals surface area contributed by atoms with Crippen molar-refractivity contribution in [2.75, 3.05) is 7.11 Å². The van der Waals surface area contributed by atoms with Gasteiger partial charge in [-0.1, -0.05) is 0 Å². The zero-order chi connectivity index (χ0) is 11.8. The van der Waals surface area contributed by atoms with E-state index in [-0.39, 0.29) is 0 Å². The number of fused-ring (bicyclic) bond motifs is 1. The molecule has 6 heteroatoms. The molecule has 0 saturated carbocycles. The van der Waals surface area contributed by atoms with Gasteiger partial charge in [-0.2, -0.15) is 18.3 Å². The van der Waals surface area contributed by atoms with E-state index < -0.39 is 12.7 Å². The average molecular weight is 230 g/mol. The molecule has 0 amide bonds. The maximum absolute atomic E-state index is 12.2. The van der Waals surface area contributed by atoms with Crippen molar-refractivity contribution in [3.63, 3.8) is 0 Å². The number of benzene rings is 1. The lowest BCUT2D eigenvalue weighted by Gasteiger charge is -2.07. The van der Waals surface area contributed by atoms with Gasteiger partial charge in [-0.15, -0.1) is 0 Å². The second-order valence-corrected chi connectivity index (χ2v) is 3.34. The van der Waals surface area contributed by atoms with Gasteiger partial charge in [0.1, 0.15) is 12.3 Å². The lowest BCUT2D eigenvalue weighted by atomic mass is 10.2. The van der Waals surface area contributed by atoms with Crippen LogP contribution in [0.2, 0.25) is 0 Å². The van der Waals surface area contributed by atoms with Crippen LogP contribution in [-0.4, -0.2) is 23.1 Å². The van der Waals surface area contributed by atoms with Crippen LogP contribution in [0.15, 0.2) is 24.4 Å². The first-order valence-corrected chi connectivity index (χ1v) is 4.56. The quantitative estimate of drug-likeness (QED) is 0.792. The van der Waals surface area contributed by atoms with Gasteiger partial charge in [-0.05, 0) is 18.2 Å². The monoisotopic (exact) mass is 230 g/mol. The first-order valence-electron chi connectivity index (χ1n) is 4.56. The van der Waals surface area contributed by atoms with Crippen molar-refractivity contribution >= 4 is 10.9 Å². The molecule has 0 unspecified atom stereocenters. The number of hydrogen-bond donors (Lipinski definition) is 0. The number of rotatable bonds is 2. The van der Waals surface area contributed by atoms with Gasteiger partial charge in [0.2, 0.25) is 0 Å². The van der Waals surface area contributed by atoms with E-state index in [4.69, 9.17) is 4.74 Å². The van der Waals surface area contributed by atoms with E-state index in [0.717, 1.165) is 4.68 Å². The van der Waals surface area contributed by atoms with Crippen molar-refractivity contribution in [2.45, 2.75) is 12.7 Å². The number of nitrogens with zero attached hydrogens (tertiary/aromatic N) is 2. The molecule has 0 fully saturated rings. The summed E-state index contributed by atoms with van der Waals surface area (Å²) in [5.41, 5.74) is 0.443. The summed E-state index contributed by atoms with van der Waals surface area (Å²) in [6.45, 7) is -1.08. The van der Waals surface area contributed by atoms with E-state index in [0.29, 0.717) is 16.7 Å². The van der Waals surface area contributed by atoms with Crippen molar-refractivity contribution in [3.8, 4) is 5.75 Å². The Hall–Kier alpha value is -1.72. The zero-order valence-electron chi connectivity index (χ0n) is 8.45. The summed E-state index contributed by atoms with van der Waals surface area (Å²) in [6.07, 6.45) is -2.87. The molecule has 16 heavy (non-hydrogen) atoms. The summed E-state index contributed by atoms with van der Waals surface area (Å²) in [4.78, 5) is 0. The molecule has 86 valence electrons. The van der Waals surface area contributed by atoms with Crippen molar-refractivity contribution in [2.24, 2.45) is 0 Å². The number of alkyl halides is 3. The fourth-order valence-corrected chi connectivity index (χ4v) is 1.49. The minimum absolute atomic E-state index is 0.443. The van der Waals surface area contributed by atoms with E-state index in [9.17, 15) is 13.2 Å². The Morgan fingerprint density at radius 3 is 2.75 bits per heavy atom. The van der Waals surface area contributed by atoms with Gasteiger partial charge in [0.15, 0.2) is 0 Å². The summed E-state index contributed by atoms with van der Waals surface area (Å²) < 4.78 is 42.5. The molecule has 1 aromatic carbocycles. The SMILES string of the molecule is COc1ccc2c(cnn2CC(F)(F)F)c1. The van der Waals surface area contributed by atoms with Gasteiger partial charge in [0.25, 0.3) is 0 Å². The molecule has 0 aliphatic carbocycles. The third kappa shape index (κ3) is 2.10. The highest BCUT2D eigenvalue weighted by Crippen LogP contribution is 2.23. The topological polar surface area (TPSA) is 27.1 Å². The number of hydrogen-bond acceptors (Lipinski definition) is 2. The maximum atomic E-state index is 12.2. The summed E-state index contributed by atoms with van der Waals surface area (Å²) in [6, 6.07) is 4.82. The molecule has 1 heterocycles. The van der Waals surface area contributed by atoms with E-state index in [1.165, 1.54) is 13.3 Å². The first kappa shape index (κ1) is 10.8. The van der Waals surface area contributed by atoms with Gasteiger partial charge in [0, 0.05) is 5.39 Å². The standard InChI is InChI=1S/C10H9F3N2O/c1-16-8-2-3-9-7(4-8)5-14-15(9)6-10(11,12)13/h2-5H,6H2,1H3. The largest absolute Gasteiger partial charge is 0.497 e. The molecular formula is C10H9F3N2O. The Bertz CT molecular complexity index is 504. The Morgan fingerprint density at radius 1 is 1.38 bits per heavy atom. The minimum Gasteiger partial charge on any atom is -0.497 e. The van der Waals surface area contributed by atoms with Gasteiger partial charge in [0.05, 0.1) is 18.8 Å². The Balaban J connectivity index is 2.42. The van der Waals surface area contributed by atoms with Crippen molar-refractivity contribution in [1.82, 2.24) is 9.78 Å². The predicted octanol–water partition coefficient (Wildman–Crippen LogP) is 2.61. The molecular weight excluding hydrogens is 221 g/mol. The number of methoxy groups -OCH3 is 1. The maximum Gasteiger partial charge on any atom is 0.408 e. The molecule has 1 aromatic heterocycles. The third-order valence-electron chi connectivity index (χ3n) is 2.18. The van der Waals surface area contributed by atoms with Crippen LogP contribution < -0.4 is 4.74 Å². The van der Waals surface area contributed by atoms with Gasteiger partial charge in [-0.3, -0.25) is 4.68 Å². The average Bonchev–Trinajstić information content (AvgIpc) is 2.58. The van der Waals surface area contributed by atoms with Crippen LogP contribution in [0.5, 0.6) is 5.75 Å². The van der Waals surface area contributed by atoms with Crippen molar-refractivity contribution in [3.05, 3.63) is 24.4 Å². The van der Waals surface area contributed by atoms with Crippen LogP contribution in [0, 0.1) is 0 Å². The highest BCUT2D eigenvalue weighted by Gasteiger charge is 2.29. The van der Waals surface area contributed by atoms with Crippen LogP contribution in [0.3, 0.4) is 0 Å². The van der Waals surface area contributed by atoms with Crippen LogP contribution in [0.1, 0.15) is 0 Å². The van der Waals surface area contributed by atoms with Crippen LogP contribution in [0.4, 0.5) is 13.2 Å². The molecule has 0 radical (unpaired) electrons. The molecule has 0 aliphatic rings. The lowest BCUT2D eigenvalue weighted by Crippen LogP contribution is -2.18. The Kier molecular flexibility index (Phi) is 2.49. The normalized spacial score (nSPS) is 12.0. The highest BCUT2D eigenvalue weighted by atomic mass is 19.4. The molecule has 2 rings (SSSR count). The summed E-state index contributed by atoms with van der Waals surface area (Å²) in [7, 11) is 1.50. The first-order chi connectivity index (χ1) is 7.49. The van der Waals surface area contributed by atoms with Crippen molar-refractivity contribution in [1.29, 1.82) is 0 Å². The van der Waals surface area contributed by atoms with E-state index in [1.807, 2.05) is 0 Å². The molecule has 2 aromatic rings. The molecule has 0 aliphatic heterocycles. The molecule has 0 N–H and O–H groups in total. The Morgan fingerprint density at radius 2 is 2.12 bits per heavy atom.